The second-order valence-electron chi connectivity index (χ2n) is 7.35. The molecule has 0 aliphatic heterocycles. The van der Waals surface area contributed by atoms with Gasteiger partial charge in [0.1, 0.15) is 29.3 Å². The van der Waals surface area contributed by atoms with Gasteiger partial charge in [-0.3, -0.25) is 4.98 Å². The van der Waals surface area contributed by atoms with E-state index < -0.39 is 29.8 Å². The summed E-state index contributed by atoms with van der Waals surface area (Å²) in [5.41, 5.74) is 3.13. The van der Waals surface area contributed by atoms with Crippen molar-refractivity contribution in [2.45, 2.75) is 45.6 Å². The molecule has 0 aromatic carbocycles. The van der Waals surface area contributed by atoms with Gasteiger partial charge in [-0.15, -0.1) is 0 Å². The molecule has 4 nitrogen and oxygen atoms in total. The zero-order valence-electron chi connectivity index (χ0n) is 15.6. The number of hydrogen-bond acceptors (Lipinski definition) is 3. The molecular formula is C19H24F4N3O+. The molecule has 1 atom stereocenters. The van der Waals surface area contributed by atoms with Crippen molar-refractivity contribution in [3.05, 3.63) is 41.9 Å². The highest BCUT2D eigenvalue weighted by molar-refractivity contribution is 5.60. The average Bonchev–Trinajstić information content (AvgIpc) is 2.58. The third-order valence-electron chi connectivity index (χ3n) is 3.87. The maximum Gasteiger partial charge on any atom is 0.284 e. The van der Waals surface area contributed by atoms with E-state index in [1.807, 2.05) is 20.8 Å². The minimum absolute atomic E-state index is 0.0319. The van der Waals surface area contributed by atoms with Crippen molar-refractivity contribution in [1.82, 2.24) is 9.97 Å². The van der Waals surface area contributed by atoms with Crippen molar-refractivity contribution in [2.24, 2.45) is 5.92 Å². The van der Waals surface area contributed by atoms with Gasteiger partial charge in [-0.2, -0.15) is 0 Å². The molecule has 2 aromatic heterocycles. The van der Waals surface area contributed by atoms with E-state index in [0.29, 0.717) is 5.92 Å². The van der Waals surface area contributed by atoms with E-state index in [1.165, 1.54) is 24.4 Å². The summed E-state index contributed by atoms with van der Waals surface area (Å²) in [5.74, 6) is 0.359. The number of nitrogens with zero attached hydrogens (tertiary/aromatic N) is 2. The van der Waals surface area contributed by atoms with Crippen molar-refractivity contribution in [2.75, 3.05) is 6.61 Å². The van der Waals surface area contributed by atoms with Crippen molar-refractivity contribution >= 4 is 0 Å². The quantitative estimate of drug-likeness (QED) is 0.682. The average molecular weight is 386 g/mol. The molecule has 0 bridgehead atoms. The second-order valence-corrected chi connectivity index (χ2v) is 7.35. The molecule has 0 saturated carbocycles. The van der Waals surface area contributed by atoms with E-state index in [2.05, 4.69) is 15.7 Å². The highest BCUT2D eigenvalue weighted by Crippen LogP contribution is 2.31. The number of alkyl halides is 4. The lowest BCUT2D eigenvalue weighted by Crippen LogP contribution is -2.74. The summed E-state index contributed by atoms with van der Waals surface area (Å²) in [5, 5.41) is 0. The van der Waals surface area contributed by atoms with Gasteiger partial charge < -0.3 is 10.5 Å². The molecule has 2 rings (SSSR count). The normalized spacial score (nSPS) is 14.0. The molecule has 8 heteroatoms. The fraction of sp³-hybridized carbons (Fsp3) is 0.474. The molecule has 0 amide bonds. The zero-order valence-corrected chi connectivity index (χ0v) is 15.6. The van der Waals surface area contributed by atoms with E-state index >= 15 is 0 Å². The first-order chi connectivity index (χ1) is 12.6. The number of aromatic nitrogens is 2. The van der Waals surface area contributed by atoms with Crippen molar-refractivity contribution < 1.29 is 28.0 Å². The van der Waals surface area contributed by atoms with Crippen LogP contribution in [0.4, 0.5) is 17.6 Å². The molecular weight excluding hydrogens is 362 g/mol. The van der Waals surface area contributed by atoms with Crippen molar-refractivity contribution in [1.29, 1.82) is 0 Å². The van der Waals surface area contributed by atoms with Crippen LogP contribution >= 0.6 is 0 Å². The summed E-state index contributed by atoms with van der Waals surface area (Å²) in [6.45, 7) is 6.16. The van der Waals surface area contributed by atoms with Crippen LogP contribution in [0.25, 0.3) is 11.3 Å². The first kappa shape index (κ1) is 21.1. The molecule has 27 heavy (non-hydrogen) atoms. The lowest BCUT2D eigenvalue weighted by Gasteiger charge is -2.23. The van der Waals surface area contributed by atoms with E-state index in [1.54, 1.807) is 0 Å². The van der Waals surface area contributed by atoms with Gasteiger partial charge in [0.2, 0.25) is 0 Å². The van der Waals surface area contributed by atoms with Gasteiger partial charge in [-0.1, -0.05) is 13.8 Å². The van der Waals surface area contributed by atoms with Crippen LogP contribution in [-0.2, 0) is 0 Å². The van der Waals surface area contributed by atoms with Gasteiger partial charge in [-0.25, -0.2) is 22.5 Å². The number of rotatable bonds is 8. The summed E-state index contributed by atoms with van der Waals surface area (Å²) in [4.78, 5) is 7.50. The number of hydrogen-bond donors (Lipinski definition) is 1. The third kappa shape index (κ3) is 5.89. The predicted molar refractivity (Wildman–Crippen MR) is 93.6 cm³/mol. The van der Waals surface area contributed by atoms with Gasteiger partial charge in [-0.05, 0) is 37.1 Å². The molecule has 0 radical (unpaired) electrons. The highest BCUT2D eigenvalue weighted by Gasteiger charge is 2.27. The zero-order chi connectivity index (χ0) is 20.2. The Kier molecular flexibility index (Phi) is 6.75. The smallest absolute Gasteiger partial charge is 0.284 e. The molecule has 0 saturated heterocycles. The molecule has 0 fully saturated rings. The summed E-state index contributed by atoms with van der Waals surface area (Å²) < 4.78 is 58.1. The molecule has 2 aromatic rings. The fourth-order valence-corrected chi connectivity index (χ4v) is 2.92. The van der Waals surface area contributed by atoms with Crippen LogP contribution in [0.1, 0.15) is 51.4 Å². The summed E-state index contributed by atoms with van der Waals surface area (Å²) >= 11 is 0. The first-order valence-electron chi connectivity index (χ1n) is 8.61. The predicted octanol–water partition coefficient (Wildman–Crippen LogP) is 4.44. The van der Waals surface area contributed by atoms with E-state index in [0.717, 1.165) is 12.5 Å². The van der Waals surface area contributed by atoms with Gasteiger partial charge in [0.05, 0.1) is 5.69 Å². The molecule has 2 heterocycles. The van der Waals surface area contributed by atoms with Crippen LogP contribution in [0.2, 0.25) is 0 Å². The van der Waals surface area contributed by atoms with Crippen LogP contribution < -0.4 is 10.5 Å². The number of ether oxygens (including phenoxy) is 1. The molecule has 0 unspecified atom stereocenters. The number of halogens is 4. The van der Waals surface area contributed by atoms with E-state index in [9.17, 15) is 17.6 Å². The maximum atomic E-state index is 13.5. The Morgan fingerprint density at radius 2 is 1.81 bits per heavy atom. The minimum Gasteiger partial charge on any atom is -0.485 e. The number of pyridine rings is 2. The Balaban J connectivity index is 2.28. The van der Waals surface area contributed by atoms with Crippen LogP contribution in [-0.4, -0.2) is 22.1 Å². The van der Waals surface area contributed by atoms with Crippen LogP contribution in [0.15, 0.2) is 30.5 Å². The largest absolute Gasteiger partial charge is 0.485 e. The monoisotopic (exact) mass is 386 g/mol. The van der Waals surface area contributed by atoms with Gasteiger partial charge in [0.15, 0.2) is 0 Å². The Labute approximate surface area is 155 Å². The van der Waals surface area contributed by atoms with Crippen LogP contribution in [0, 0.1) is 5.92 Å². The molecule has 0 aliphatic rings. The summed E-state index contributed by atoms with van der Waals surface area (Å²) in [6.07, 6.45) is -3.64. The maximum absolute atomic E-state index is 13.5. The number of quaternary nitrogens is 1. The molecule has 148 valence electrons. The summed E-state index contributed by atoms with van der Waals surface area (Å²) in [7, 11) is 0. The van der Waals surface area contributed by atoms with Crippen molar-refractivity contribution in [3.8, 4) is 17.0 Å². The minimum atomic E-state index is -2.86. The molecule has 3 N–H and O–H groups in total. The molecule has 0 spiro atoms. The van der Waals surface area contributed by atoms with Crippen LogP contribution in [0.5, 0.6) is 5.75 Å². The summed E-state index contributed by atoms with van der Waals surface area (Å²) in [6, 6.07) is 5.44. The van der Waals surface area contributed by atoms with E-state index in [-0.39, 0.29) is 23.6 Å². The highest BCUT2D eigenvalue weighted by atomic mass is 19.3. The second kappa shape index (κ2) is 8.65. The lowest BCUT2D eigenvalue weighted by molar-refractivity contribution is -0.479. The molecule has 0 aliphatic carbocycles. The lowest BCUT2D eigenvalue weighted by atomic mass is 9.93. The SMILES string of the molecule is CC(C)C[C@](C)([NH3+])COc1ccc(-c2ccnc(C(F)F)c2)nc1C(F)F. The first-order valence-corrected chi connectivity index (χ1v) is 8.61. The van der Waals surface area contributed by atoms with Crippen LogP contribution in [0.3, 0.4) is 0 Å². The Bertz CT molecular complexity index is 766. The topological polar surface area (TPSA) is 62.7 Å². The van der Waals surface area contributed by atoms with Gasteiger partial charge in [0, 0.05) is 18.2 Å². The Morgan fingerprint density at radius 1 is 1.11 bits per heavy atom. The van der Waals surface area contributed by atoms with Gasteiger partial charge in [0.25, 0.3) is 12.9 Å². The Morgan fingerprint density at radius 3 is 2.41 bits per heavy atom. The van der Waals surface area contributed by atoms with E-state index in [4.69, 9.17) is 4.74 Å². The fourth-order valence-electron chi connectivity index (χ4n) is 2.92. The van der Waals surface area contributed by atoms with Gasteiger partial charge >= 0.3 is 0 Å². The van der Waals surface area contributed by atoms with Crippen molar-refractivity contribution in [3.63, 3.8) is 0 Å². The standard InChI is InChI=1S/C19H23F4N3O/c1-11(2)9-19(3,24)10-27-15-5-4-13(26-16(15)18(22)23)12-6-7-25-14(8-12)17(20)21/h4-8,11,17-18H,9-10,24H2,1-3H3/p+1/t19-/m0/s1. The Hall–Kier alpha value is -2.22. The third-order valence-corrected chi connectivity index (χ3v) is 3.87.